The Kier molecular flexibility index (Phi) is 5.74. The van der Waals surface area contributed by atoms with E-state index in [1.807, 2.05) is 67.0 Å². The number of para-hydroxylation sites is 1. The third kappa shape index (κ3) is 5.47. The number of hydroxylamine groups is 1. The van der Waals surface area contributed by atoms with E-state index in [2.05, 4.69) is 4.84 Å². The van der Waals surface area contributed by atoms with Crippen molar-refractivity contribution in [2.45, 2.75) is 26.2 Å². The second-order valence-corrected chi connectivity index (χ2v) is 5.22. The van der Waals surface area contributed by atoms with Gasteiger partial charge in [0.15, 0.2) is 0 Å². The summed E-state index contributed by atoms with van der Waals surface area (Å²) in [6, 6.07) is 17.1. The number of hydrogen-bond acceptors (Lipinski definition) is 4. The standard InChI is InChI=1S/C18H19NO4/c1-13(12-18(21)23-19-14(2)20)15-8-10-17(11-9-15)22-16-6-4-3-5-7-16/h3-11,13H,12H2,1-2H3,(H,19,20). The van der Waals surface area contributed by atoms with E-state index in [9.17, 15) is 9.59 Å². The van der Waals surface area contributed by atoms with Gasteiger partial charge in [-0.05, 0) is 35.7 Å². The topological polar surface area (TPSA) is 64.6 Å². The van der Waals surface area contributed by atoms with Crippen LogP contribution in [0.15, 0.2) is 54.6 Å². The lowest BCUT2D eigenvalue weighted by atomic mass is 9.98. The minimum Gasteiger partial charge on any atom is -0.457 e. The number of amides is 1. The molecule has 23 heavy (non-hydrogen) atoms. The van der Waals surface area contributed by atoms with E-state index in [0.29, 0.717) is 0 Å². The molecule has 1 unspecified atom stereocenters. The predicted octanol–water partition coefficient (Wildman–Crippen LogP) is 3.57. The quantitative estimate of drug-likeness (QED) is 0.857. The lowest BCUT2D eigenvalue weighted by Gasteiger charge is -2.12. The maximum Gasteiger partial charge on any atom is 0.332 e. The summed E-state index contributed by atoms with van der Waals surface area (Å²) in [5, 5.41) is 0. The molecule has 2 aromatic carbocycles. The summed E-state index contributed by atoms with van der Waals surface area (Å²) in [6.07, 6.45) is 0.180. The highest BCUT2D eigenvalue weighted by Crippen LogP contribution is 2.25. The van der Waals surface area contributed by atoms with Crippen LogP contribution >= 0.6 is 0 Å². The van der Waals surface area contributed by atoms with Gasteiger partial charge in [-0.15, -0.1) is 0 Å². The van der Waals surface area contributed by atoms with Gasteiger partial charge in [0, 0.05) is 6.92 Å². The highest BCUT2D eigenvalue weighted by atomic mass is 16.7. The van der Waals surface area contributed by atoms with Crippen LogP contribution in [-0.2, 0) is 14.4 Å². The van der Waals surface area contributed by atoms with Crippen molar-refractivity contribution in [3.8, 4) is 11.5 Å². The molecule has 0 radical (unpaired) electrons. The van der Waals surface area contributed by atoms with Crippen molar-refractivity contribution in [1.29, 1.82) is 0 Å². The molecule has 0 bridgehead atoms. The lowest BCUT2D eigenvalue weighted by molar-refractivity contribution is -0.157. The third-order valence-electron chi connectivity index (χ3n) is 3.21. The Morgan fingerprint density at radius 1 is 1.00 bits per heavy atom. The second-order valence-electron chi connectivity index (χ2n) is 5.22. The lowest BCUT2D eigenvalue weighted by Crippen LogP contribution is -2.25. The molecule has 1 atom stereocenters. The van der Waals surface area contributed by atoms with E-state index in [0.717, 1.165) is 17.1 Å². The summed E-state index contributed by atoms with van der Waals surface area (Å²) in [7, 11) is 0. The molecule has 0 heterocycles. The van der Waals surface area contributed by atoms with Gasteiger partial charge in [0.05, 0.1) is 6.42 Å². The summed E-state index contributed by atoms with van der Waals surface area (Å²) < 4.78 is 5.72. The predicted molar refractivity (Wildman–Crippen MR) is 85.9 cm³/mol. The fourth-order valence-electron chi connectivity index (χ4n) is 2.03. The normalized spacial score (nSPS) is 11.4. The maximum atomic E-state index is 11.6. The number of carbonyl (C=O) groups is 2. The summed E-state index contributed by atoms with van der Waals surface area (Å²) in [4.78, 5) is 26.9. The van der Waals surface area contributed by atoms with Crippen molar-refractivity contribution < 1.29 is 19.2 Å². The highest BCUT2D eigenvalue weighted by Gasteiger charge is 2.13. The van der Waals surface area contributed by atoms with Crippen molar-refractivity contribution in [1.82, 2.24) is 5.48 Å². The van der Waals surface area contributed by atoms with E-state index in [-0.39, 0.29) is 12.3 Å². The fraction of sp³-hybridized carbons (Fsp3) is 0.222. The molecule has 5 nitrogen and oxygen atoms in total. The van der Waals surface area contributed by atoms with Crippen molar-refractivity contribution >= 4 is 11.9 Å². The first-order chi connectivity index (χ1) is 11.0. The van der Waals surface area contributed by atoms with Gasteiger partial charge in [0.1, 0.15) is 11.5 Å². The molecule has 0 aliphatic rings. The van der Waals surface area contributed by atoms with Crippen LogP contribution in [-0.4, -0.2) is 11.9 Å². The zero-order chi connectivity index (χ0) is 16.7. The van der Waals surface area contributed by atoms with Crippen LogP contribution in [0.3, 0.4) is 0 Å². The minimum atomic E-state index is -0.475. The molecular weight excluding hydrogens is 294 g/mol. The van der Waals surface area contributed by atoms with Gasteiger partial charge in [0.25, 0.3) is 0 Å². The van der Waals surface area contributed by atoms with E-state index in [1.165, 1.54) is 6.92 Å². The fourth-order valence-corrected chi connectivity index (χ4v) is 2.03. The minimum absolute atomic E-state index is 0.0259. The van der Waals surface area contributed by atoms with Gasteiger partial charge in [-0.25, -0.2) is 4.79 Å². The average Bonchev–Trinajstić information content (AvgIpc) is 2.54. The van der Waals surface area contributed by atoms with Crippen LogP contribution in [0.5, 0.6) is 11.5 Å². The van der Waals surface area contributed by atoms with Crippen molar-refractivity contribution in [3.05, 3.63) is 60.2 Å². The van der Waals surface area contributed by atoms with Crippen molar-refractivity contribution in [2.75, 3.05) is 0 Å². The molecule has 0 aliphatic heterocycles. The van der Waals surface area contributed by atoms with Gasteiger partial charge >= 0.3 is 5.97 Å². The summed E-state index contributed by atoms with van der Waals surface area (Å²) in [5.74, 6) is 0.591. The second kappa shape index (κ2) is 7.98. The Labute approximate surface area is 135 Å². The zero-order valence-corrected chi connectivity index (χ0v) is 13.1. The molecule has 1 amide bonds. The first-order valence-electron chi connectivity index (χ1n) is 7.33. The van der Waals surface area contributed by atoms with E-state index in [4.69, 9.17) is 4.74 Å². The van der Waals surface area contributed by atoms with Crippen LogP contribution in [0.25, 0.3) is 0 Å². The first-order valence-corrected chi connectivity index (χ1v) is 7.33. The monoisotopic (exact) mass is 313 g/mol. The van der Waals surface area contributed by atoms with Crippen LogP contribution in [0.1, 0.15) is 31.7 Å². The molecule has 120 valence electrons. The molecule has 0 aliphatic carbocycles. The van der Waals surface area contributed by atoms with Crippen molar-refractivity contribution in [3.63, 3.8) is 0 Å². The zero-order valence-electron chi connectivity index (χ0n) is 13.1. The van der Waals surface area contributed by atoms with Gasteiger partial charge < -0.3 is 9.57 Å². The summed E-state index contributed by atoms with van der Waals surface area (Å²) in [5.41, 5.74) is 3.02. The maximum absolute atomic E-state index is 11.6. The number of rotatable bonds is 5. The van der Waals surface area contributed by atoms with Crippen LogP contribution < -0.4 is 10.2 Å². The number of benzene rings is 2. The summed E-state index contributed by atoms with van der Waals surface area (Å²) in [6.45, 7) is 3.20. The Morgan fingerprint density at radius 3 is 2.22 bits per heavy atom. The average molecular weight is 313 g/mol. The van der Waals surface area contributed by atoms with E-state index >= 15 is 0 Å². The summed E-state index contributed by atoms with van der Waals surface area (Å²) >= 11 is 0. The molecule has 1 N–H and O–H groups in total. The third-order valence-corrected chi connectivity index (χ3v) is 3.21. The van der Waals surface area contributed by atoms with Crippen molar-refractivity contribution in [2.24, 2.45) is 0 Å². The van der Waals surface area contributed by atoms with Crippen LogP contribution in [0.4, 0.5) is 0 Å². The Balaban J connectivity index is 1.91. The van der Waals surface area contributed by atoms with Crippen LogP contribution in [0.2, 0.25) is 0 Å². The largest absolute Gasteiger partial charge is 0.457 e. The number of ether oxygens (including phenoxy) is 1. The molecule has 0 saturated carbocycles. The number of hydrogen-bond donors (Lipinski definition) is 1. The van der Waals surface area contributed by atoms with Gasteiger partial charge in [-0.1, -0.05) is 37.3 Å². The molecular formula is C18H19NO4. The Hall–Kier alpha value is -2.82. The smallest absolute Gasteiger partial charge is 0.332 e. The number of nitrogens with one attached hydrogen (secondary N) is 1. The molecule has 0 spiro atoms. The Morgan fingerprint density at radius 2 is 1.61 bits per heavy atom. The highest BCUT2D eigenvalue weighted by molar-refractivity contribution is 5.76. The van der Waals surface area contributed by atoms with Gasteiger partial charge in [-0.3, -0.25) is 4.79 Å². The van der Waals surface area contributed by atoms with Crippen LogP contribution in [0, 0.1) is 0 Å². The molecule has 2 aromatic rings. The van der Waals surface area contributed by atoms with Gasteiger partial charge in [0.2, 0.25) is 5.91 Å². The van der Waals surface area contributed by atoms with E-state index in [1.54, 1.807) is 0 Å². The molecule has 5 heteroatoms. The SMILES string of the molecule is CC(=O)NOC(=O)CC(C)c1ccc(Oc2ccccc2)cc1. The Bertz CT molecular complexity index is 652. The van der Waals surface area contributed by atoms with E-state index < -0.39 is 11.9 Å². The van der Waals surface area contributed by atoms with Gasteiger partial charge in [-0.2, -0.15) is 5.48 Å². The molecule has 2 rings (SSSR count). The molecule has 0 aromatic heterocycles. The molecule has 0 fully saturated rings. The molecule has 0 saturated heterocycles. The number of carbonyl (C=O) groups excluding carboxylic acids is 2. The first kappa shape index (κ1) is 16.5.